The molecule has 0 aliphatic carbocycles. The Labute approximate surface area is 128 Å². The number of aliphatic hydroxyl groups excluding tert-OH is 1. The van der Waals surface area contributed by atoms with Crippen LogP contribution in [-0.2, 0) is 0 Å². The first kappa shape index (κ1) is 15.5. The number of hydrogen-bond donors (Lipinski definition) is 2. The van der Waals surface area contributed by atoms with E-state index in [9.17, 15) is 9.90 Å². The molecule has 2 rings (SSSR count). The van der Waals surface area contributed by atoms with Gasteiger partial charge in [-0.15, -0.1) is 0 Å². The molecule has 1 atom stereocenters. The van der Waals surface area contributed by atoms with E-state index in [1.165, 1.54) is 6.20 Å². The highest BCUT2D eigenvalue weighted by Crippen LogP contribution is 2.13. The van der Waals surface area contributed by atoms with Crippen LogP contribution in [0.15, 0.2) is 36.7 Å². The van der Waals surface area contributed by atoms with Gasteiger partial charge in [-0.3, -0.25) is 4.79 Å². The number of amides is 1. The number of halogens is 1. The second kappa shape index (κ2) is 7.24. The van der Waals surface area contributed by atoms with Gasteiger partial charge in [0.05, 0.1) is 23.6 Å². The van der Waals surface area contributed by atoms with Crippen molar-refractivity contribution in [3.05, 3.63) is 47.2 Å². The number of hydrogen-bond acceptors (Lipinski definition) is 3. The minimum Gasteiger partial charge on any atom is -0.393 e. The molecule has 1 amide bonds. The molecule has 2 aromatic rings. The van der Waals surface area contributed by atoms with Gasteiger partial charge in [0.15, 0.2) is 0 Å². The summed E-state index contributed by atoms with van der Waals surface area (Å²) < 4.78 is 1.62. The number of nitrogens with zero attached hydrogens (tertiary/aromatic N) is 2. The van der Waals surface area contributed by atoms with Crippen molar-refractivity contribution in [1.29, 1.82) is 0 Å². The van der Waals surface area contributed by atoms with E-state index in [2.05, 4.69) is 10.4 Å². The number of rotatable bonds is 6. The number of aromatic nitrogens is 2. The lowest BCUT2D eigenvalue weighted by Gasteiger charge is -2.07. The summed E-state index contributed by atoms with van der Waals surface area (Å²) >= 11 is 5.84. The molecule has 1 aromatic heterocycles. The first-order valence-electron chi connectivity index (χ1n) is 6.87. The van der Waals surface area contributed by atoms with Crippen molar-refractivity contribution in [1.82, 2.24) is 15.1 Å². The van der Waals surface area contributed by atoms with Gasteiger partial charge in [0.25, 0.3) is 5.91 Å². The summed E-state index contributed by atoms with van der Waals surface area (Å²) in [5, 5.41) is 17.0. The zero-order chi connectivity index (χ0) is 15.2. The average molecular weight is 308 g/mol. The van der Waals surface area contributed by atoms with Gasteiger partial charge >= 0.3 is 0 Å². The molecule has 5 nitrogen and oxygen atoms in total. The van der Waals surface area contributed by atoms with Crippen LogP contribution < -0.4 is 5.32 Å². The first-order valence-corrected chi connectivity index (χ1v) is 7.25. The molecular weight excluding hydrogens is 290 g/mol. The molecule has 1 heterocycles. The highest BCUT2D eigenvalue weighted by Gasteiger charge is 2.09. The molecule has 0 saturated carbocycles. The Balaban J connectivity index is 1.96. The average Bonchev–Trinajstić information content (AvgIpc) is 2.97. The van der Waals surface area contributed by atoms with Crippen molar-refractivity contribution < 1.29 is 9.90 Å². The molecule has 21 heavy (non-hydrogen) atoms. The van der Waals surface area contributed by atoms with Gasteiger partial charge in [0, 0.05) is 17.8 Å². The first-order chi connectivity index (χ1) is 10.1. The smallest absolute Gasteiger partial charge is 0.254 e. The molecule has 0 saturated heterocycles. The highest BCUT2D eigenvalue weighted by molar-refractivity contribution is 6.30. The summed E-state index contributed by atoms with van der Waals surface area (Å²) in [5.74, 6) is -0.196. The minimum absolute atomic E-state index is 0.196. The van der Waals surface area contributed by atoms with Gasteiger partial charge in [-0.2, -0.15) is 5.10 Å². The van der Waals surface area contributed by atoms with Crippen LogP contribution in [0.4, 0.5) is 0 Å². The normalized spacial score (nSPS) is 12.1. The maximum Gasteiger partial charge on any atom is 0.254 e. The van der Waals surface area contributed by atoms with Crippen LogP contribution in [0.2, 0.25) is 5.02 Å². The molecule has 2 N–H and O–H groups in total. The Morgan fingerprint density at radius 3 is 2.81 bits per heavy atom. The number of carbonyl (C=O) groups excluding carboxylic acids is 1. The predicted molar refractivity (Wildman–Crippen MR) is 81.8 cm³/mol. The van der Waals surface area contributed by atoms with Crippen LogP contribution in [0, 0.1) is 0 Å². The summed E-state index contributed by atoms with van der Waals surface area (Å²) in [4.78, 5) is 11.9. The van der Waals surface area contributed by atoms with Crippen molar-refractivity contribution in [3.8, 4) is 5.69 Å². The van der Waals surface area contributed by atoms with Crippen LogP contribution in [0.25, 0.3) is 5.69 Å². The monoisotopic (exact) mass is 307 g/mol. The van der Waals surface area contributed by atoms with E-state index in [-0.39, 0.29) is 12.0 Å². The maximum absolute atomic E-state index is 11.9. The van der Waals surface area contributed by atoms with Crippen LogP contribution >= 0.6 is 11.6 Å². The molecule has 0 aliphatic heterocycles. The summed E-state index contributed by atoms with van der Waals surface area (Å²) in [5.41, 5.74) is 1.32. The third-order valence-corrected chi connectivity index (χ3v) is 3.42. The molecule has 1 unspecified atom stereocenters. The summed E-state index contributed by atoms with van der Waals surface area (Å²) in [6.07, 6.45) is 4.04. The SMILES string of the molecule is CCC(O)CCNC(=O)c1cnn(-c2ccc(Cl)cc2)c1. The topological polar surface area (TPSA) is 67.2 Å². The number of aliphatic hydroxyl groups is 1. The second-order valence-corrected chi connectivity index (χ2v) is 5.19. The fraction of sp³-hybridized carbons (Fsp3) is 0.333. The number of carbonyl (C=O) groups is 1. The fourth-order valence-corrected chi connectivity index (χ4v) is 1.96. The standard InChI is InChI=1S/C15H18ClN3O2/c1-2-14(20)7-8-17-15(21)11-9-18-19(10-11)13-5-3-12(16)4-6-13/h3-6,9-10,14,20H,2,7-8H2,1H3,(H,17,21). The molecular formula is C15H18ClN3O2. The third kappa shape index (κ3) is 4.31. The third-order valence-electron chi connectivity index (χ3n) is 3.17. The molecule has 0 fully saturated rings. The summed E-state index contributed by atoms with van der Waals surface area (Å²) in [6, 6.07) is 7.19. The van der Waals surface area contributed by atoms with Gasteiger partial charge in [-0.25, -0.2) is 4.68 Å². The van der Waals surface area contributed by atoms with E-state index in [0.717, 1.165) is 5.69 Å². The highest BCUT2D eigenvalue weighted by atomic mass is 35.5. The Kier molecular flexibility index (Phi) is 5.36. The fourth-order valence-electron chi connectivity index (χ4n) is 1.83. The summed E-state index contributed by atoms with van der Waals surface area (Å²) in [6.45, 7) is 2.35. The van der Waals surface area contributed by atoms with Gasteiger partial charge < -0.3 is 10.4 Å². The van der Waals surface area contributed by atoms with Gasteiger partial charge in [0.1, 0.15) is 0 Å². The van der Waals surface area contributed by atoms with Gasteiger partial charge in [-0.05, 0) is 37.1 Å². The van der Waals surface area contributed by atoms with Crippen molar-refractivity contribution in [2.24, 2.45) is 0 Å². The Morgan fingerprint density at radius 1 is 1.43 bits per heavy atom. The van der Waals surface area contributed by atoms with E-state index >= 15 is 0 Å². The summed E-state index contributed by atoms with van der Waals surface area (Å²) in [7, 11) is 0. The van der Waals surface area contributed by atoms with Crippen LogP contribution in [0.5, 0.6) is 0 Å². The zero-order valence-corrected chi connectivity index (χ0v) is 12.5. The minimum atomic E-state index is -0.373. The van der Waals surface area contributed by atoms with E-state index in [1.807, 2.05) is 19.1 Å². The zero-order valence-electron chi connectivity index (χ0n) is 11.8. The molecule has 0 aliphatic rings. The molecule has 0 spiro atoms. The molecule has 0 radical (unpaired) electrons. The second-order valence-electron chi connectivity index (χ2n) is 4.76. The van der Waals surface area contributed by atoms with Crippen LogP contribution in [0.1, 0.15) is 30.1 Å². The largest absolute Gasteiger partial charge is 0.393 e. The Morgan fingerprint density at radius 2 is 2.14 bits per heavy atom. The molecule has 6 heteroatoms. The Hall–Kier alpha value is -1.85. The van der Waals surface area contributed by atoms with E-state index in [4.69, 9.17) is 11.6 Å². The van der Waals surface area contributed by atoms with Crippen LogP contribution in [0.3, 0.4) is 0 Å². The number of nitrogens with one attached hydrogen (secondary N) is 1. The van der Waals surface area contributed by atoms with Crippen molar-refractivity contribution in [2.45, 2.75) is 25.9 Å². The lowest BCUT2D eigenvalue weighted by Crippen LogP contribution is -2.26. The van der Waals surface area contributed by atoms with Crippen molar-refractivity contribution in [3.63, 3.8) is 0 Å². The van der Waals surface area contributed by atoms with Crippen molar-refractivity contribution in [2.75, 3.05) is 6.54 Å². The van der Waals surface area contributed by atoms with E-state index < -0.39 is 0 Å². The van der Waals surface area contributed by atoms with Gasteiger partial charge in [-0.1, -0.05) is 18.5 Å². The van der Waals surface area contributed by atoms with Crippen LogP contribution in [-0.4, -0.2) is 33.4 Å². The molecule has 0 bridgehead atoms. The molecule has 1 aromatic carbocycles. The maximum atomic E-state index is 11.9. The quantitative estimate of drug-likeness (QED) is 0.861. The van der Waals surface area contributed by atoms with E-state index in [0.29, 0.717) is 30.0 Å². The Bertz CT molecular complexity index is 595. The van der Waals surface area contributed by atoms with Crippen molar-refractivity contribution >= 4 is 17.5 Å². The van der Waals surface area contributed by atoms with E-state index in [1.54, 1.807) is 23.0 Å². The van der Waals surface area contributed by atoms with Gasteiger partial charge in [0.2, 0.25) is 0 Å². The lowest BCUT2D eigenvalue weighted by molar-refractivity contribution is 0.0942. The number of benzene rings is 1. The lowest BCUT2D eigenvalue weighted by atomic mass is 10.2. The molecule has 112 valence electrons. The predicted octanol–water partition coefficient (Wildman–Crippen LogP) is 2.42.